The number of amides is 1. The van der Waals surface area contributed by atoms with Crippen molar-refractivity contribution in [3.8, 4) is 5.75 Å². The summed E-state index contributed by atoms with van der Waals surface area (Å²) in [7, 11) is 0. The summed E-state index contributed by atoms with van der Waals surface area (Å²) < 4.78 is 19.2. The van der Waals surface area contributed by atoms with E-state index in [0.717, 1.165) is 37.4 Å². The molecule has 2 atom stereocenters. The molecule has 1 heterocycles. The molecule has 32 heavy (non-hydrogen) atoms. The van der Waals surface area contributed by atoms with Crippen molar-refractivity contribution in [3.05, 3.63) is 58.9 Å². The van der Waals surface area contributed by atoms with Gasteiger partial charge in [-0.25, -0.2) is 4.39 Å². The second-order valence-electron chi connectivity index (χ2n) is 8.37. The highest BCUT2D eigenvalue weighted by molar-refractivity contribution is 6.30. The minimum Gasteiger partial charge on any atom is -0.482 e. The summed E-state index contributed by atoms with van der Waals surface area (Å²) in [5.74, 6) is 0.420. The maximum absolute atomic E-state index is 13.2. The molecule has 1 saturated heterocycles. The van der Waals surface area contributed by atoms with Gasteiger partial charge in [0.05, 0.1) is 5.69 Å². The summed E-state index contributed by atoms with van der Waals surface area (Å²) in [5.41, 5.74) is 1.97. The maximum atomic E-state index is 13.2. The summed E-state index contributed by atoms with van der Waals surface area (Å²) in [6, 6.07) is 12.4. The summed E-state index contributed by atoms with van der Waals surface area (Å²) in [6.07, 6.45) is 0. The molecule has 1 aliphatic rings. The Kier molecular flexibility index (Phi) is 8.38. The Labute approximate surface area is 195 Å². The lowest BCUT2D eigenvalue weighted by atomic mass is 10.1. The SMILES string of the molecule is CCN(CC)c1cc(Cl)ccc1OCC(=O)N1CC(C)N(Cc2ccc(F)cc2)CC1C. The first-order valence-electron chi connectivity index (χ1n) is 11.3. The first-order valence-corrected chi connectivity index (χ1v) is 11.6. The van der Waals surface area contributed by atoms with Gasteiger partial charge in [-0.1, -0.05) is 23.7 Å². The Morgan fingerprint density at radius 3 is 2.44 bits per heavy atom. The van der Waals surface area contributed by atoms with Crippen molar-refractivity contribution in [2.45, 2.75) is 46.3 Å². The number of anilines is 1. The van der Waals surface area contributed by atoms with Gasteiger partial charge >= 0.3 is 0 Å². The molecule has 174 valence electrons. The number of nitrogens with zero attached hydrogens (tertiary/aromatic N) is 3. The summed E-state index contributed by atoms with van der Waals surface area (Å²) in [6.45, 7) is 12.1. The van der Waals surface area contributed by atoms with Gasteiger partial charge in [0.25, 0.3) is 5.91 Å². The summed E-state index contributed by atoms with van der Waals surface area (Å²) in [5, 5.41) is 0.644. The zero-order valence-electron chi connectivity index (χ0n) is 19.4. The van der Waals surface area contributed by atoms with Crippen molar-refractivity contribution in [2.75, 3.05) is 37.7 Å². The van der Waals surface area contributed by atoms with E-state index in [1.807, 2.05) is 29.2 Å². The molecule has 1 fully saturated rings. The van der Waals surface area contributed by atoms with E-state index in [1.54, 1.807) is 6.07 Å². The fraction of sp³-hybridized carbons (Fsp3) is 0.480. The number of halogens is 2. The van der Waals surface area contributed by atoms with Crippen molar-refractivity contribution < 1.29 is 13.9 Å². The van der Waals surface area contributed by atoms with Crippen LogP contribution in [0.1, 0.15) is 33.3 Å². The van der Waals surface area contributed by atoms with Gasteiger partial charge in [-0.3, -0.25) is 9.69 Å². The second-order valence-corrected chi connectivity index (χ2v) is 8.81. The molecule has 0 bridgehead atoms. The number of hydrogen-bond donors (Lipinski definition) is 0. The quantitative estimate of drug-likeness (QED) is 0.564. The number of piperazine rings is 1. The van der Waals surface area contributed by atoms with Crippen LogP contribution in [0, 0.1) is 5.82 Å². The van der Waals surface area contributed by atoms with E-state index in [0.29, 0.717) is 17.3 Å². The highest BCUT2D eigenvalue weighted by atomic mass is 35.5. The summed E-state index contributed by atoms with van der Waals surface area (Å²) in [4.78, 5) is 19.4. The molecule has 0 spiro atoms. The van der Waals surface area contributed by atoms with Crippen LogP contribution in [0.3, 0.4) is 0 Å². The zero-order valence-corrected chi connectivity index (χ0v) is 20.1. The zero-order chi connectivity index (χ0) is 23.3. The lowest BCUT2D eigenvalue weighted by Gasteiger charge is -2.44. The van der Waals surface area contributed by atoms with Gasteiger partial charge in [0.2, 0.25) is 0 Å². The van der Waals surface area contributed by atoms with Gasteiger partial charge in [0.1, 0.15) is 11.6 Å². The molecule has 0 saturated carbocycles. The third kappa shape index (κ3) is 5.93. The van der Waals surface area contributed by atoms with Crippen LogP contribution in [-0.4, -0.2) is 60.6 Å². The minimum atomic E-state index is -0.226. The van der Waals surface area contributed by atoms with Gasteiger partial charge < -0.3 is 14.5 Å². The van der Waals surface area contributed by atoms with Crippen LogP contribution in [0.15, 0.2) is 42.5 Å². The number of carbonyl (C=O) groups excluding carboxylic acids is 1. The Morgan fingerprint density at radius 1 is 1.09 bits per heavy atom. The van der Waals surface area contributed by atoms with Crippen LogP contribution in [0.2, 0.25) is 5.02 Å². The molecule has 1 aliphatic heterocycles. The lowest BCUT2D eigenvalue weighted by molar-refractivity contribution is -0.139. The first-order chi connectivity index (χ1) is 15.3. The number of hydrogen-bond acceptors (Lipinski definition) is 4. The van der Waals surface area contributed by atoms with Gasteiger partial charge in [-0.05, 0) is 63.6 Å². The molecule has 0 N–H and O–H groups in total. The van der Waals surface area contributed by atoms with Crippen molar-refractivity contribution in [2.24, 2.45) is 0 Å². The van der Waals surface area contributed by atoms with E-state index < -0.39 is 0 Å². The average Bonchev–Trinajstić information content (AvgIpc) is 2.77. The maximum Gasteiger partial charge on any atom is 0.260 e. The monoisotopic (exact) mass is 461 g/mol. The fourth-order valence-electron chi connectivity index (χ4n) is 4.24. The van der Waals surface area contributed by atoms with Crippen LogP contribution < -0.4 is 9.64 Å². The van der Waals surface area contributed by atoms with E-state index in [4.69, 9.17) is 16.3 Å². The topological polar surface area (TPSA) is 36.0 Å². The predicted octanol–water partition coefficient (Wildman–Crippen LogP) is 4.83. The van der Waals surface area contributed by atoms with Crippen LogP contribution >= 0.6 is 11.6 Å². The minimum absolute atomic E-state index is 0.00900. The summed E-state index contributed by atoms with van der Waals surface area (Å²) >= 11 is 6.19. The van der Waals surface area contributed by atoms with E-state index >= 15 is 0 Å². The van der Waals surface area contributed by atoms with E-state index in [1.165, 1.54) is 12.1 Å². The van der Waals surface area contributed by atoms with Crippen molar-refractivity contribution in [1.82, 2.24) is 9.80 Å². The van der Waals surface area contributed by atoms with Gasteiger partial charge in [-0.15, -0.1) is 0 Å². The number of carbonyl (C=O) groups is 1. The van der Waals surface area contributed by atoms with Crippen LogP contribution in [0.5, 0.6) is 5.75 Å². The normalized spacial score (nSPS) is 19.1. The van der Waals surface area contributed by atoms with Crippen LogP contribution in [0.25, 0.3) is 0 Å². The molecule has 2 aromatic carbocycles. The Bertz CT molecular complexity index is 905. The van der Waals surface area contributed by atoms with Gasteiger partial charge in [-0.2, -0.15) is 0 Å². The third-order valence-corrected chi connectivity index (χ3v) is 6.35. The second kappa shape index (κ2) is 11.0. The molecular weight excluding hydrogens is 429 g/mol. The number of rotatable bonds is 8. The molecule has 7 heteroatoms. The van der Waals surface area contributed by atoms with Crippen molar-refractivity contribution >= 4 is 23.2 Å². The first kappa shape index (κ1) is 24.3. The molecule has 5 nitrogen and oxygen atoms in total. The Morgan fingerprint density at radius 2 is 1.78 bits per heavy atom. The molecule has 3 rings (SSSR count). The molecule has 2 aromatic rings. The molecular formula is C25H33ClFN3O2. The smallest absolute Gasteiger partial charge is 0.260 e. The molecule has 0 aromatic heterocycles. The third-order valence-electron chi connectivity index (χ3n) is 6.11. The van der Waals surface area contributed by atoms with E-state index in [9.17, 15) is 9.18 Å². The average molecular weight is 462 g/mol. The molecule has 2 unspecified atom stereocenters. The van der Waals surface area contributed by atoms with Crippen molar-refractivity contribution in [1.29, 1.82) is 0 Å². The highest BCUT2D eigenvalue weighted by Gasteiger charge is 2.32. The molecule has 0 radical (unpaired) electrons. The lowest BCUT2D eigenvalue weighted by Crippen LogP contribution is -2.58. The number of benzene rings is 2. The van der Waals surface area contributed by atoms with Crippen LogP contribution in [-0.2, 0) is 11.3 Å². The van der Waals surface area contributed by atoms with Gasteiger partial charge in [0, 0.05) is 49.8 Å². The van der Waals surface area contributed by atoms with E-state index in [-0.39, 0.29) is 30.4 Å². The molecule has 1 amide bonds. The Hall–Kier alpha value is -2.31. The predicted molar refractivity (Wildman–Crippen MR) is 128 cm³/mol. The Balaban J connectivity index is 1.61. The van der Waals surface area contributed by atoms with E-state index in [2.05, 4.69) is 37.5 Å². The largest absolute Gasteiger partial charge is 0.482 e. The number of ether oxygens (including phenoxy) is 1. The van der Waals surface area contributed by atoms with Crippen LogP contribution in [0.4, 0.5) is 10.1 Å². The van der Waals surface area contributed by atoms with Gasteiger partial charge in [0.15, 0.2) is 6.61 Å². The highest BCUT2D eigenvalue weighted by Crippen LogP contribution is 2.31. The standard InChI is InChI=1S/C25H33ClFN3O2/c1-5-28(6-2)23-13-21(26)9-12-24(23)32-17-25(31)30-15-18(3)29(14-19(30)4)16-20-7-10-22(27)11-8-20/h7-13,18-19H,5-6,14-17H2,1-4H3. The molecule has 0 aliphatic carbocycles. The van der Waals surface area contributed by atoms with Crippen molar-refractivity contribution in [3.63, 3.8) is 0 Å². The fourth-order valence-corrected chi connectivity index (χ4v) is 4.40.